The van der Waals surface area contributed by atoms with Crippen LogP contribution >= 0.6 is 0 Å². The fourth-order valence-electron chi connectivity index (χ4n) is 1.86. The molecule has 0 unspecified atom stereocenters. The third kappa shape index (κ3) is 3.44. The summed E-state index contributed by atoms with van der Waals surface area (Å²) >= 11 is 0. The fraction of sp³-hybridized carbons (Fsp3) is 0.214. The van der Waals surface area contributed by atoms with Crippen molar-refractivity contribution in [3.05, 3.63) is 47.5 Å². The van der Waals surface area contributed by atoms with E-state index < -0.39 is 5.97 Å². The van der Waals surface area contributed by atoms with Crippen LogP contribution in [0.25, 0.3) is 0 Å². The lowest BCUT2D eigenvalue weighted by Gasteiger charge is -2.04. The number of carboxylic acid groups (broad SMARTS) is 1. The molecule has 0 aromatic carbocycles. The standard InChI is InChI=1S/C14H15N3O3/c1-9-8-11(13(16-9)14(19)20)17-12(18)6-5-10-4-2-3-7-15-10/h2-4,7-8,16H,5-6H2,1H3,(H,17,18)(H,19,20). The number of anilines is 1. The van der Waals surface area contributed by atoms with E-state index in [1.807, 2.05) is 18.2 Å². The number of aromatic nitrogens is 2. The number of aromatic carboxylic acids is 1. The van der Waals surface area contributed by atoms with Crippen molar-refractivity contribution in [2.24, 2.45) is 0 Å². The van der Waals surface area contributed by atoms with E-state index in [2.05, 4.69) is 15.3 Å². The summed E-state index contributed by atoms with van der Waals surface area (Å²) in [4.78, 5) is 29.7. The lowest BCUT2D eigenvalue weighted by molar-refractivity contribution is -0.116. The molecule has 0 radical (unpaired) electrons. The van der Waals surface area contributed by atoms with Gasteiger partial charge in [-0.1, -0.05) is 6.07 Å². The van der Waals surface area contributed by atoms with E-state index in [0.717, 1.165) is 5.69 Å². The van der Waals surface area contributed by atoms with Gasteiger partial charge in [0.15, 0.2) is 0 Å². The Morgan fingerprint density at radius 1 is 1.40 bits per heavy atom. The molecule has 0 fully saturated rings. The zero-order valence-corrected chi connectivity index (χ0v) is 11.0. The number of nitrogens with one attached hydrogen (secondary N) is 2. The zero-order valence-electron chi connectivity index (χ0n) is 11.0. The molecule has 6 nitrogen and oxygen atoms in total. The molecule has 6 heteroatoms. The van der Waals surface area contributed by atoms with Crippen LogP contribution < -0.4 is 5.32 Å². The maximum absolute atomic E-state index is 11.8. The molecule has 0 saturated carbocycles. The molecule has 0 saturated heterocycles. The lowest BCUT2D eigenvalue weighted by atomic mass is 10.2. The smallest absolute Gasteiger partial charge is 0.354 e. The Hall–Kier alpha value is -2.63. The second-order valence-corrected chi connectivity index (χ2v) is 4.42. The van der Waals surface area contributed by atoms with Crippen LogP contribution in [0.4, 0.5) is 5.69 Å². The summed E-state index contributed by atoms with van der Waals surface area (Å²) in [6, 6.07) is 7.11. The summed E-state index contributed by atoms with van der Waals surface area (Å²) in [5.74, 6) is -1.34. The fourth-order valence-corrected chi connectivity index (χ4v) is 1.86. The number of hydrogen-bond donors (Lipinski definition) is 3. The van der Waals surface area contributed by atoms with Gasteiger partial charge in [-0.2, -0.15) is 0 Å². The molecular formula is C14H15N3O3. The van der Waals surface area contributed by atoms with Crippen molar-refractivity contribution >= 4 is 17.6 Å². The van der Waals surface area contributed by atoms with Crippen molar-refractivity contribution in [2.75, 3.05) is 5.32 Å². The summed E-state index contributed by atoms with van der Waals surface area (Å²) in [5, 5.41) is 11.6. The number of aromatic amines is 1. The maximum atomic E-state index is 11.8. The number of aryl methyl sites for hydroxylation is 2. The van der Waals surface area contributed by atoms with E-state index in [-0.39, 0.29) is 18.0 Å². The van der Waals surface area contributed by atoms with Crippen LogP contribution in [0.5, 0.6) is 0 Å². The van der Waals surface area contributed by atoms with Gasteiger partial charge in [0.2, 0.25) is 5.91 Å². The molecule has 0 spiro atoms. The van der Waals surface area contributed by atoms with Crippen molar-refractivity contribution in [3.8, 4) is 0 Å². The van der Waals surface area contributed by atoms with Gasteiger partial charge in [0.25, 0.3) is 0 Å². The predicted octanol–water partition coefficient (Wildman–Crippen LogP) is 1.99. The molecule has 2 aromatic rings. The number of amides is 1. The van der Waals surface area contributed by atoms with Crippen LogP contribution in [0.3, 0.4) is 0 Å². The van der Waals surface area contributed by atoms with Gasteiger partial charge in [-0.3, -0.25) is 9.78 Å². The maximum Gasteiger partial charge on any atom is 0.354 e. The first-order valence-corrected chi connectivity index (χ1v) is 6.19. The van der Waals surface area contributed by atoms with Gasteiger partial charge < -0.3 is 15.4 Å². The van der Waals surface area contributed by atoms with Crippen LogP contribution in [0, 0.1) is 6.92 Å². The monoisotopic (exact) mass is 273 g/mol. The number of carbonyl (C=O) groups is 2. The number of pyridine rings is 1. The lowest BCUT2D eigenvalue weighted by Crippen LogP contribution is -2.14. The minimum absolute atomic E-state index is 0.00585. The summed E-state index contributed by atoms with van der Waals surface area (Å²) < 4.78 is 0. The van der Waals surface area contributed by atoms with Crippen molar-refractivity contribution in [3.63, 3.8) is 0 Å². The number of H-pyrrole nitrogens is 1. The quantitative estimate of drug-likeness (QED) is 0.776. The van der Waals surface area contributed by atoms with Crippen molar-refractivity contribution in [1.29, 1.82) is 0 Å². The Morgan fingerprint density at radius 2 is 2.20 bits per heavy atom. The van der Waals surface area contributed by atoms with Crippen molar-refractivity contribution < 1.29 is 14.7 Å². The van der Waals surface area contributed by atoms with Gasteiger partial charge in [-0.25, -0.2) is 4.79 Å². The molecule has 2 heterocycles. The second-order valence-electron chi connectivity index (χ2n) is 4.42. The first kappa shape index (κ1) is 13.8. The van der Waals surface area contributed by atoms with E-state index in [9.17, 15) is 9.59 Å². The molecule has 1 amide bonds. The molecule has 0 aliphatic rings. The molecule has 0 aliphatic heterocycles. The van der Waals surface area contributed by atoms with Crippen LogP contribution in [0.15, 0.2) is 30.5 Å². The molecule has 2 rings (SSSR count). The topological polar surface area (TPSA) is 95.1 Å². The minimum Gasteiger partial charge on any atom is -0.477 e. The Labute approximate surface area is 115 Å². The van der Waals surface area contributed by atoms with Crippen LogP contribution in [0.2, 0.25) is 0 Å². The highest BCUT2D eigenvalue weighted by molar-refractivity contribution is 5.99. The van der Waals surface area contributed by atoms with E-state index in [4.69, 9.17) is 5.11 Å². The van der Waals surface area contributed by atoms with E-state index >= 15 is 0 Å². The molecule has 3 N–H and O–H groups in total. The molecule has 2 aromatic heterocycles. The SMILES string of the molecule is Cc1cc(NC(=O)CCc2ccccn2)c(C(=O)O)[nH]1. The first-order chi connectivity index (χ1) is 9.56. The molecule has 104 valence electrons. The highest BCUT2D eigenvalue weighted by Crippen LogP contribution is 2.17. The van der Waals surface area contributed by atoms with Crippen LogP contribution in [-0.4, -0.2) is 27.0 Å². The van der Waals surface area contributed by atoms with Crippen LogP contribution in [-0.2, 0) is 11.2 Å². The Morgan fingerprint density at radius 3 is 2.85 bits per heavy atom. The second kappa shape index (κ2) is 6.01. The third-order valence-electron chi connectivity index (χ3n) is 2.77. The van der Waals surface area contributed by atoms with Gasteiger partial charge in [0, 0.05) is 24.0 Å². The Kier molecular flexibility index (Phi) is 4.14. The van der Waals surface area contributed by atoms with Gasteiger partial charge in [0.05, 0.1) is 5.69 Å². The Balaban J connectivity index is 1.96. The average Bonchev–Trinajstić information content (AvgIpc) is 2.79. The van der Waals surface area contributed by atoms with Gasteiger partial charge in [-0.05, 0) is 31.5 Å². The number of carboxylic acids is 1. The highest BCUT2D eigenvalue weighted by Gasteiger charge is 2.15. The number of hydrogen-bond acceptors (Lipinski definition) is 3. The van der Waals surface area contributed by atoms with E-state index in [0.29, 0.717) is 17.8 Å². The highest BCUT2D eigenvalue weighted by atomic mass is 16.4. The summed E-state index contributed by atoms with van der Waals surface area (Å²) in [5.41, 5.74) is 1.79. The van der Waals surface area contributed by atoms with E-state index in [1.54, 1.807) is 19.2 Å². The normalized spacial score (nSPS) is 10.2. The largest absolute Gasteiger partial charge is 0.477 e. The van der Waals surface area contributed by atoms with Crippen molar-refractivity contribution in [1.82, 2.24) is 9.97 Å². The number of nitrogens with zero attached hydrogens (tertiary/aromatic N) is 1. The van der Waals surface area contributed by atoms with Gasteiger partial charge >= 0.3 is 5.97 Å². The summed E-state index contributed by atoms with van der Waals surface area (Å²) in [6.45, 7) is 1.73. The van der Waals surface area contributed by atoms with Crippen LogP contribution in [0.1, 0.15) is 28.3 Å². The number of rotatable bonds is 5. The average molecular weight is 273 g/mol. The molecular weight excluding hydrogens is 258 g/mol. The molecule has 0 bridgehead atoms. The van der Waals surface area contributed by atoms with Gasteiger partial charge in [0.1, 0.15) is 5.69 Å². The first-order valence-electron chi connectivity index (χ1n) is 6.19. The van der Waals surface area contributed by atoms with Crippen molar-refractivity contribution in [2.45, 2.75) is 19.8 Å². The molecule has 0 aliphatic carbocycles. The summed E-state index contributed by atoms with van der Waals surface area (Å²) in [6.07, 6.45) is 2.43. The number of carbonyl (C=O) groups excluding carboxylic acids is 1. The minimum atomic E-state index is -1.10. The summed E-state index contributed by atoms with van der Waals surface area (Å²) in [7, 11) is 0. The zero-order chi connectivity index (χ0) is 14.5. The van der Waals surface area contributed by atoms with Gasteiger partial charge in [-0.15, -0.1) is 0 Å². The predicted molar refractivity (Wildman–Crippen MR) is 73.7 cm³/mol. The molecule has 20 heavy (non-hydrogen) atoms. The third-order valence-corrected chi connectivity index (χ3v) is 2.77. The molecule has 0 atom stereocenters. The van der Waals surface area contributed by atoms with E-state index in [1.165, 1.54) is 0 Å². The Bertz CT molecular complexity index is 620.